The Morgan fingerprint density at radius 2 is 2.40 bits per heavy atom. The van der Waals surface area contributed by atoms with Crippen LogP contribution in [0.1, 0.15) is 19.7 Å². The van der Waals surface area contributed by atoms with Crippen molar-refractivity contribution in [3.8, 4) is 0 Å². The highest BCUT2D eigenvalue weighted by molar-refractivity contribution is 5.39. The Bertz CT molecular complexity index is 197. The van der Waals surface area contributed by atoms with E-state index >= 15 is 0 Å². The fourth-order valence-corrected chi connectivity index (χ4v) is 0.652. The van der Waals surface area contributed by atoms with Crippen LogP contribution in [0.4, 0.5) is 0 Å². The van der Waals surface area contributed by atoms with Gasteiger partial charge in [-0.3, -0.25) is 0 Å². The fraction of sp³-hybridized carbons (Fsp3) is 0.375. The van der Waals surface area contributed by atoms with Crippen LogP contribution in [-0.4, -0.2) is 9.97 Å². The van der Waals surface area contributed by atoms with E-state index in [9.17, 15) is 0 Å². The predicted molar refractivity (Wildman–Crippen MR) is 42.5 cm³/mol. The topological polar surface area (TPSA) is 28.7 Å². The number of H-pyrrole nitrogens is 1. The van der Waals surface area contributed by atoms with Gasteiger partial charge in [-0.05, 0) is 12.0 Å². The van der Waals surface area contributed by atoms with Gasteiger partial charge in [0.25, 0.3) is 0 Å². The fourth-order valence-electron chi connectivity index (χ4n) is 0.652. The summed E-state index contributed by atoms with van der Waals surface area (Å²) in [6.07, 6.45) is 7.67. The highest BCUT2D eigenvalue weighted by atomic mass is 14.9. The molecule has 0 spiro atoms. The molecule has 0 atom stereocenters. The van der Waals surface area contributed by atoms with Crippen molar-refractivity contribution in [1.29, 1.82) is 0 Å². The summed E-state index contributed by atoms with van der Waals surface area (Å²) in [5, 5.41) is 0. The van der Waals surface area contributed by atoms with Crippen molar-refractivity contribution in [2.45, 2.75) is 13.8 Å². The van der Waals surface area contributed by atoms with Crippen LogP contribution < -0.4 is 0 Å². The number of aromatic nitrogens is 2. The Labute approximate surface area is 61.0 Å². The zero-order valence-electron chi connectivity index (χ0n) is 6.33. The summed E-state index contributed by atoms with van der Waals surface area (Å²) in [5.74, 6) is 1.51. The molecule has 1 rings (SSSR count). The van der Waals surface area contributed by atoms with E-state index in [-0.39, 0.29) is 0 Å². The van der Waals surface area contributed by atoms with Crippen LogP contribution in [0, 0.1) is 5.92 Å². The molecule has 1 aromatic heterocycles. The summed E-state index contributed by atoms with van der Waals surface area (Å²) >= 11 is 0. The van der Waals surface area contributed by atoms with Gasteiger partial charge in [-0.15, -0.1) is 0 Å². The third kappa shape index (κ3) is 2.05. The molecule has 0 aliphatic carbocycles. The number of nitrogens with one attached hydrogen (secondary N) is 1. The van der Waals surface area contributed by atoms with Crippen molar-refractivity contribution in [3.05, 3.63) is 24.3 Å². The van der Waals surface area contributed by atoms with E-state index in [0.29, 0.717) is 5.92 Å². The first-order valence-electron chi connectivity index (χ1n) is 3.46. The number of aromatic amines is 1. The van der Waals surface area contributed by atoms with Crippen molar-refractivity contribution in [1.82, 2.24) is 9.97 Å². The average Bonchev–Trinajstić information content (AvgIpc) is 2.34. The highest BCUT2D eigenvalue weighted by Gasteiger charge is 1.86. The van der Waals surface area contributed by atoms with Gasteiger partial charge in [0, 0.05) is 12.4 Å². The molecule has 54 valence electrons. The van der Waals surface area contributed by atoms with Gasteiger partial charge in [0.15, 0.2) is 0 Å². The molecule has 2 heteroatoms. The Balaban J connectivity index is 2.55. The van der Waals surface area contributed by atoms with Crippen LogP contribution in [0.25, 0.3) is 6.08 Å². The van der Waals surface area contributed by atoms with Crippen molar-refractivity contribution >= 4 is 6.08 Å². The summed E-state index contributed by atoms with van der Waals surface area (Å²) < 4.78 is 0. The number of imidazole rings is 1. The zero-order valence-corrected chi connectivity index (χ0v) is 6.33. The molecule has 0 fully saturated rings. The molecule has 1 aromatic rings. The molecule has 1 heterocycles. The molecule has 10 heavy (non-hydrogen) atoms. The molecule has 0 radical (unpaired) electrons. The lowest BCUT2D eigenvalue weighted by Gasteiger charge is -1.90. The number of allylic oxidation sites excluding steroid dienone is 1. The minimum atomic E-state index is 0.588. The quantitative estimate of drug-likeness (QED) is 0.662. The van der Waals surface area contributed by atoms with Gasteiger partial charge < -0.3 is 4.98 Å². The Morgan fingerprint density at radius 3 is 2.90 bits per heavy atom. The van der Waals surface area contributed by atoms with Crippen LogP contribution in [0.15, 0.2) is 18.5 Å². The zero-order chi connectivity index (χ0) is 7.40. The van der Waals surface area contributed by atoms with Gasteiger partial charge in [0.1, 0.15) is 5.82 Å². The third-order valence-electron chi connectivity index (χ3n) is 1.16. The molecule has 0 saturated heterocycles. The number of hydrogen-bond acceptors (Lipinski definition) is 1. The lowest BCUT2D eigenvalue weighted by molar-refractivity contribution is 0.835. The molecular weight excluding hydrogens is 124 g/mol. The normalized spacial score (nSPS) is 11.5. The van der Waals surface area contributed by atoms with E-state index in [1.165, 1.54) is 0 Å². The summed E-state index contributed by atoms with van der Waals surface area (Å²) in [7, 11) is 0. The Kier molecular flexibility index (Phi) is 2.26. The van der Waals surface area contributed by atoms with Crippen LogP contribution in [-0.2, 0) is 0 Å². The predicted octanol–water partition coefficient (Wildman–Crippen LogP) is 2.08. The molecule has 0 unspecified atom stereocenters. The second-order valence-corrected chi connectivity index (χ2v) is 2.58. The number of hydrogen-bond donors (Lipinski definition) is 1. The second kappa shape index (κ2) is 3.20. The third-order valence-corrected chi connectivity index (χ3v) is 1.16. The summed E-state index contributed by atoms with van der Waals surface area (Å²) in [5.41, 5.74) is 0. The minimum Gasteiger partial charge on any atom is -0.345 e. The number of nitrogens with zero attached hydrogens (tertiary/aromatic N) is 1. The van der Waals surface area contributed by atoms with Crippen LogP contribution in [0.5, 0.6) is 0 Å². The standard InChI is InChI=1S/C8H12N2/c1-7(2)3-4-8-9-5-6-10-8/h3-7H,1-2H3,(H,9,10). The lowest BCUT2D eigenvalue weighted by Crippen LogP contribution is -1.78. The largest absolute Gasteiger partial charge is 0.345 e. The summed E-state index contributed by atoms with van der Waals surface area (Å²) in [4.78, 5) is 7.04. The first-order valence-corrected chi connectivity index (χ1v) is 3.46. The van der Waals surface area contributed by atoms with Gasteiger partial charge in [0.05, 0.1) is 0 Å². The monoisotopic (exact) mass is 136 g/mol. The molecule has 0 aromatic carbocycles. The maximum atomic E-state index is 4.05. The van der Waals surface area contributed by atoms with Crippen molar-refractivity contribution in [2.24, 2.45) is 5.92 Å². The Hall–Kier alpha value is -1.05. The van der Waals surface area contributed by atoms with Crippen LogP contribution >= 0.6 is 0 Å². The van der Waals surface area contributed by atoms with E-state index in [4.69, 9.17) is 0 Å². The van der Waals surface area contributed by atoms with E-state index in [1.807, 2.05) is 12.3 Å². The van der Waals surface area contributed by atoms with E-state index in [1.54, 1.807) is 6.20 Å². The molecule has 0 bridgehead atoms. The molecule has 2 nitrogen and oxygen atoms in total. The van der Waals surface area contributed by atoms with Crippen LogP contribution in [0.2, 0.25) is 0 Å². The average molecular weight is 136 g/mol. The molecule has 1 N–H and O–H groups in total. The lowest BCUT2D eigenvalue weighted by atomic mass is 10.2. The number of rotatable bonds is 2. The van der Waals surface area contributed by atoms with Gasteiger partial charge in [0.2, 0.25) is 0 Å². The van der Waals surface area contributed by atoms with Crippen LogP contribution in [0.3, 0.4) is 0 Å². The molecule has 0 amide bonds. The SMILES string of the molecule is CC(C)C=Cc1ncc[nH]1. The van der Waals surface area contributed by atoms with E-state index in [0.717, 1.165) is 5.82 Å². The molecular formula is C8H12N2. The summed E-state index contributed by atoms with van der Waals surface area (Å²) in [6, 6.07) is 0. The first kappa shape index (κ1) is 7.06. The maximum absolute atomic E-state index is 4.05. The maximum Gasteiger partial charge on any atom is 0.129 e. The van der Waals surface area contributed by atoms with Crippen molar-refractivity contribution in [2.75, 3.05) is 0 Å². The summed E-state index contributed by atoms with van der Waals surface area (Å²) in [6.45, 7) is 4.28. The minimum absolute atomic E-state index is 0.588. The molecule has 0 saturated carbocycles. The van der Waals surface area contributed by atoms with Gasteiger partial charge >= 0.3 is 0 Å². The van der Waals surface area contributed by atoms with Crippen molar-refractivity contribution in [3.63, 3.8) is 0 Å². The van der Waals surface area contributed by atoms with Gasteiger partial charge in [-0.25, -0.2) is 4.98 Å². The highest BCUT2D eigenvalue weighted by Crippen LogP contribution is 1.98. The van der Waals surface area contributed by atoms with E-state index in [2.05, 4.69) is 29.9 Å². The van der Waals surface area contributed by atoms with Gasteiger partial charge in [-0.2, -0.15) is 0 Å². The molecule has 0 aliphatic rings. The first-order chi connectivity index (χ1) is 4.79. The second-order valence-electron chi connectivity index (χ2n) is 2.58. The smallest absolute Gasteiger partial charge is 0.129 e. The Morgan fingerprint density at radius 1 is 1.60 bits per heavy atom. The van der Waals surface area contributed by atoms with Gasteiger partial charge in [-0.1, -0.05) is 19.9 Å². The van der Waals surface area contributed by atoms with Crippen molar-refractivity contribution < 1.29 is 0 Å². The molecule has 0 aliphatic heterocycles. The van der Waals surface area contributed by atoms with E-state index < -0.39 is 0 Å².